The molecule has 2 fully saturated rings. The van der Waals surface area contributed by atoms with Crippen LogP contribution in [0.5, 0.6) is 0 Å². The number of nitrogens with two attached hydrogens (primary N) is 1. The van der Waals surface area contributed by atoms with E-state index in [1.165, 1.54) is 32.4 Å². The molecule has 3 atom stereocenters. The first-order valence-corrected chi connectivity index (χ1v) is 7.33. The van der Waals surface area contributed by atoms with E-state index in [4.69, 9.17) is 10.5 Å². The summed E-state index contributed by atoms with van der Waals surface area (Å²) in [7, 11) is 1.79. The van der Waals surface area contributed by atoms with Crippen LogP contribution in [0.3, 0.4) is 0 Å². The Bertz CT molecular complexity index is 274. The molecule has 0 amide bonds. The van der Waals surface area contributed by atoms with Gasteiger partial charge in [-0.1, -0.05) is 6.42 Å². The number of piperazine rings is 1. The number of nitrogens with zero attached hydrogens (tertiary/aromatic N) is 2. The van der Waals surface area contributed by atoms with E-state index in [0.29, 0.717) is 6.54 Å². The van der Waals surface area contributed by atoms with Crippen LogP contribution < -0.4 is 5.73 Å². The average Bonchev–Trinajstić information content (AvgIpc) is 2.44. The van der Waals surface area contributed by atoms with Crippen molar-refractivity contribution < 1.29 is 4.74 Å². The summed E-state index contributed by atoms with van der Waals surface area (Å²) in [5.41, 5.74) is 6.02. The Kier molecular flexibility index (Phi) is 4.64. The molecule has 0 aromatic carbocycles. The molecule has 4 heteroatoms. The van der Waals surface area contributed by atoms with E-state index in [1.54, 1.807) is 7.11 Å². The Morgan fingerprint density at radius 1 is 1.33 bits per heavy atom. The smallest absolute Gasteiger partial charge is 0.0736 e. The molecule has 4 nitrogen and oxygen atoms in total. The maximum absolute atomic E-state index is 6.05. The SMILES string of the molecule is COC(C)C(C)(CN)N1CCN2CCCCC2C1. The van der Waals surface area contributed by atoms with E-state index in [2.05, 4.69) is 23.6 Å². The molecular formula is C14H29N3O. The molecule has 0 saturated carbocycles. The summed E-state index contributed by atoms with van der Waals surface area (Å²) in [4.78, 5) is 5.22. The third kappa shape index (κ3) is 2.57. The molecule has 0 aliphatic carbocycles. The predicted octanol–water partition coefficient (Wildman–Crippen LogP) is 0.909. The largest absolute Gasteiger partial charge is 0.380 e. The van der Waals surface area contributed by atoms with Gasteiger partial charge in [0.05, 0.1) is 11.6 Å². The van der Waals surface area contributed by atoms with Crippen LogP contribution in [0.1, 0.15) is 33.1 Å². The van der Waals surface area contributed by atoms with Gasteiger partial charge < -0.3 is 10.5 Å². The van der Waals surface area contributed by atoms with E-state index < -0.39 is 0 Å². The van der Waals surface area contributed by atoms with Crippen molar-refractivity contribution in [3.05, 3.63) is 0 Å². The number of hydrogen-bond acceptors (Lipinski definition) is 4. The molecule has 0 bridgehead atoms. The summed E-state index contributed by atoms with van der Waals surface area (Å²) in [5, 5.41) is 0. The van der Waals surface area contributed by atoms with E-state index in [-0.39, 0.29) is 11.6 Å². The third-order valence-electron chi connectivity index (χ3n) is 5.20. The highest BCUT2D eigenvalue weighted by molar-refractivity contribution is 4.98. The van der Waals surface area contributed by atoms with Gasteiger partial charge in [-0.15, -0.1) is 0 Å². The Morgan fingerprint density at radius 2 is 2.11 bits per heavy atom. The number of piperidine rings is 1. The lowest BCUT2D eigenvalue weighted by Crippen LogP contribution is -2.66. The zero-order chi connectivity index (χ0) is 13.2. The molecular weight excluding hydrogens is 226 g/mol. The van der Waals surface area contributed by atoms with Gasteiger partial charge in [0.15, 0.2) is 0 Å². The van der Waals surface area contributed by atoms with Gasteiger partial charge in [0.25, 0.3) is 0 Å². The second-order valence-corrected chi connectivity index (χ2v) is 6.07. The van der Waals surface area contributed by atoms with Gasteiger partial charge in [-0.05, 0) is 33.2 Å². The van der Waals surface area contributed by atoms with Gasteiger partial charge in [-0.3, -0.25) is 9.80 Å². The fraction of sp³-hybridized carbons (Fsp3) is 1.00. The summed E-state index contributed by atoms with van der Waals surface area (Å²) in [6.07, 6.45) is 4.28. The zero-order valence-electron chi connectivity index (χ0n) is 12.2. The van der Waals surface area contributed by atoms with Gasteiger partial charge in [0.2, 0.25) is 0 Å². The molecule has 3 unspecified atom stereocenters. The molecule has 2 N–H and O–H groups in total. The highest BCUT2D eigenvalue weighted by Crippen LogP contribution is 2.28. The molecule has 2 saturated heterocycles. The van der Waals surface area contributed by atoms with Gasteiger partial charge in [0.1, 0.15) is 0 Å². The molecule has 106 valence electrons. The Hall–Kier alpha value is -0.160. The molecule has 18 heavy (non-hydrogen) atoms. The maximum Gasteiger partial charge on any atom is 0.0736 e. The van der Waals surface area contributed by atoms with Crippen LogP contribution in [0.2, 0.25) is 0 Å². The first-order valence-electron chi connectivity index (χ1n) is 7.33. The lowest BCUT2D eigenvalue weighted by Gasteiger charge is -2.52. The summed E-state index contributed by atoms with van der Waals surface area (Å²) in [6, 6.07) is 0.738. The highest BCUT2D eigenvalue weighted by Gasteiger charge is 2.41. The summed E-state index contributed by atoms with van der Waals surface area (Å²) < 4.78 is 5.56. The minimum absolute atomic E-state index is 0.0295. The average molecular weight is 255 g/mol. The zero-order valence-corrected chi connectivity index (χ0v) is 12.2. The summed E-state index contributed by atoms with van der Waals surface area (Å²) in [5.74, 6) is 0. The Labute approximate surface area is 111 Å². The second kappa shape index (κ2) is 5.87. The van der Waals surface area contributed by atoms with E-state index in [1.807, 2.05) is 0 Å². The number of fused-ring (bicyclic) bond motifs is 1. The molecule has 0 spiro atoms. The number of hydrogen-bond donors (Lipinski definition) is 1. The Morgan fingerprint density at radius 3 is 2.78 bits per heavy atom. The van der Waals surface area contributed by atoms with Gasteiger partial charge in [0, 0.05) is 39.3 Å². The quantitative estimate of drug-likeness (QED) is 0.811. The van der Waals surface area contributed by atoms with Crippen LogP contribution >= 0.6 is 0 Å². The first kappa shape index (κ1) is 14.3. The van der Waals surface area contributed by atoms with Gasteiger partial charge >= 0.3 is 0 Å². The summed E-state index contributed by atoms with van der Waals surface area (Å²) >= 11 is 0. The Balaban J connectivity index is 2.04. The first-order chi connectivity index (χ1) is 8.61. The van der Waals surface area contributed by atoms with Crippen LogP contribution in [0.25, 0.3) is 0 Å². The minimum atomic E-state index is -0.0295. The van der Waals surface area contributed by atoms with Crippen LogP contribution in [0.15, 0.2) is 0 Å². The van der Waals surface area contributed by atoms with E-state index in [9.17, 15) is 0 Å². The highest BCUT2D eigenvalue weighted by atomic mass is 16.5. The summed E-state index contributed by atoms with van der Waals surface area (Å²) in [6.45, 7) is 9.81. The van der Waals surface area contributed by atoms with Crippen molar-refractivity contribution in [1.29, 1.82) is 0 Å². The van der Waals surface area contributed by atoms with Crippen LogP contribution in [0, 0.1) is 0 Å². The number of ether oxygens (including phenoxy) is 1. The fourth-order valence-corrected chi connectivity index (χ4v) is 3.43. The maximum atomic E-state index is 6.05. The number of methoxy groups -OCH3 is 1. The molecule has 0 aromatic heterocycles. The van der Waals surface area contributed by atoms with E-state index >= 15 is 0 Å². The minimum Gasteiger partial charge on any atom is -0.380 e. The molecule has 2 aliphatic heterocycles. The molecule has 2 heterocycles. The van der Waals surface area contributed by atoms with Crippen molar-refractivity contribution in [1.82, 2.24) is 9.80 Å². The van der Waals surface area contributed by atoms with Crippen LogP contribution in [0.4, 0.5) is 0 Å². The molecule has 0 radical (unpaired) electrons. The van der Waals surface area contributed by atoms with E-state index in [0.717, 1.165) is 19.1 Å². The second-order valence-electron chi connectivity index (χ2n) is 6.07. The van der Waals surface area contributed by atoms with Crippen molar-refractivity contribution in [3.8, 4) is 0 Å². The van der Waals surface area contributed by atoms with Crippen molar-refractivity contribution in [2.24, 2.45) is 5.73 Å². The van der Waals surface area contributed by atoms with Crippen molar-refractivity contribution in [3.63, 3.8) is 0 Å². The van der Waals surface area contributed by atoms with Crippen molar-refractivity contribution in [2.45, 2.75) is 50.8 Å². The lowest BCUT2D eigenvalue weighted by atomic mass is 9.89. The molecule has 2 rings (SSSR count). The van der Waals surface area contributed by atoms with Crippen molar-refractivity contribution >= 4 is 0 Å². The predicted molar refractivity (Wildman–Crippen MR) is 74.7 cm³/mol. The van der Waals surface area contributed by atoms with Crippen molar-refractivity contribution in [2.75, 3.05) is 39.8 Å². The monoisotopic (exact) mass is 255 g/mol. The standard InChI is InChI=1S/C14H29N3O/c1-12(18-3)14(2,11-15)17-9-8-16-7-5-4-6-13(16)10-17/h12-13H,4-11,15H2,1-3H3. The lowest BCUT2D eigenvalue weighted by molar-refractivity contribution is -0.0684. The third-order valence-corrected chi connectivity index (χ3v) is 5.20. The molecule has 2 aliphatic rings. The topological polar surface area (TPSA) is 41.7 Å². The van der Waals surface area contributed by atoms with Gasteiger partial charge in [-0.25, -0.2) is 0 Å². The fourth-order valence-electron chi connectivity index (χ4n) is 3.43. The van der Waals surface area contributed by atoms with Crippen LogP contribution in [-0.2, 0) is 4.74 Å². The molecule has 0 aromatic rings. The van der Waals surface area contributed by atoms with Gasteiger partial charge in [-0.2, -0.15) is 0 Å². The normalized spacial score (nSPS) is 31.7. The number of rotatable bonds is 4. The van der Waals surface area contributed by atoms with Crippen LogP contribution in [-0.4, -0.2) is 67.3 Å².